The van der Waals surface area contributed by atoms with Gasteiger partial charge in [-0.05, 0) is 36.6 Å². The van der Waals surface area contributed by atoms with Gasteiger partial charge in [-0.25, -0.2) is 0 Å². The van der Waals surface area contributed by atoms with Crippen molar-refractivity contribution in [3.05, 3.63) is 29.3 Å². The number of amides is 1. The molecule has 0 spiro atoms. The minimum Gasteiger partial charge on any atom is -0.497 e. The van der Waals surface area contributed by atoms with Crippen LogP contribution in [0.3, 0.4) is 0 Å². The molecule has 1 aromatic carbocycles. The molecule has 1 unspecified atom stereocenters. The van der Waals surface area contributed by atoms with Crippen molar-refractivity contribution in [3.63, 3.8) is 0 Å². The Balaban J connectivity index is 2.67. The largest absolute Gasteiger partial charge is 0.497 e. The summed E-state index contributed by atoms with van der Waals surface area (Å²) >= 11 is 0. The minimum absolute atomic E-state index is 0.0676. The van der Waals surface area contributed by atoms with E-state index in [2.05, 4.69) is 0 Å². The molecule has 1 aliphatic rings. The van der Waals surface area contributed by atoms with Crippen LogP contribution >= 0.6 is 0 Å². The van der Waals surface area contributed by atoms with Crippen LogP contribution in [0.5, 0.6) is 5.75 Å². The molecule has 96 valence electrons. The van der Waals surface area contributed by atoms with Gasteiger partial charge in [-0.3, -0.25) is 9.59 Å². The number of carbonyl (C=O) groups is 2. The summed E-state index contributed by atoms with van der Waals surface area (Å²) in [5.74, 6) is 0.340. The Kier molecular flexibility index (Phi) is 3.11. The zero-order valence-electron chi connectivity index (χ0n) is 10.7. The highest BCUT2D eigenvalue weighted by Crippen LogP contribution is 2.41. The van der Waals surface area contributed by atoms with E-state index in [1.54, 1.807) is 25.3 Å². The van der Waals surface area contributed by atoms with E-state index < -0.39 is 5.41 Å². The normalized spacial score (nSPS) is 22.4. The van der Waals surface area contributed by atoms with E-state index in [1.165, 1.54) is 0 Å². The summed E-state index contributed by atoms with van der Waals surface area (Å²) < 4.78 is 5.17. The zero-order chi connectivity index (χ0) is 13.3. The number of ether oxygens (including phenoxy) is 1. The van der Waals surface area contributed by atoms with Gasteiger partial charge in [0.05, 0.1) is 12.5 Å². The van der Waals surface area contributed by atoms with Gasteiger partial charge in [0.2, 0.25) is 5.91 Å². The Bertz CT molecular complexity index is 510. The van der Waals surface area contributed by atoms with Crippen LogP contribution < -0.4 is 10.5 Å². The fraction of sp³-hybridized carbons (Fsp3) is 0.429. The first-order valence-corrected chi connectivity index (χ1v) is 6.07. The van der Waals surface area contributed by atoms with Crippen LogP contribution in [-0.2, 0) is 10.2 Å². The van der Waals surface area contributed by atoms with Crippen molar-refractivity contribution in [2.75, 3.05) is 7.11 Å². The first kappa shape index (κ1) is 12.6. The molecule has 1 atom stereocenters. The van der Waals surface area contributed by atoms with Gasteiger partial charge in [0, 0.05) is 12.0 Å². The molecule has 4 nitrogen and oxygen atoms in total. The van der Waals surface area contributed by atoms with E-state index in [9.17, 15) is 9.59 Å². The number of carbonyl (C=O) groups excluding carboxylic acids is 2. The van der Waals surface area contributed by atoms with E-state index in [0.29, 0.717) is 36.1 Å². The smallest absolute Gasteiger partial charge is 0.228 e. The van der Waals surface area contributed by atoms with Crippen molar-refractivity contribution in [3.8, 4) is 5.75 Å². The van der Waals surface area contributed by atoms with Gasteiger partial charge < -0.3 is 10.5 Å². The minimum atomic E-state index is -0.738. The lowest BCUT2D eigenvalue weighted by atomic mass is 9.67. The molecule has 2 N–H and O–H groups in total. The third-order valence-electron chi connectivity index (χ3n) is 3.90. The number of primary amides is 1. The predicted octanol–water partition coefficient (Wildman–Crippen LogP) is 1.80. The second kappa shape index (κ2) is 4.44. The molecule has 1 amide bonds. The molecule has 4 heteroatoms. The summed E-state index contributed by atoms with van der Waals surface area (Å²) in [5.41, 5.74) is 6.15. The topological polar surface area (TPSA) is 69.4 Å². The molecule has 0 heterocycles. The summed E-state index contributed by atoms with van der Waals surface area (Å²) in [6, 6.07) is 5.23. The third-order valence-corrected chi connectivity index (χ3v) is 3.90. The number of Topliss-reactive ketones (excluding diaryl/α,β-unsaturated/α-hetero) is 1. The lowest BCUT2D eigenvalue weighted by Gasteiger charge is -2.35. The summed E-state index contributed by atoms with van der Waals surface area (Å²) in [6.07, 6.45) is 1.45. The molecule has 1 aromatic rings. The quantitative estimate of drug-likeness (QED) is 0.885. The molecule has 2 rings (SSSR count). The number of rotatable bonds is 3. The van der Waals surface area contributed by atoms with Crippen LogP contribution in [0.4, 0.5) is 0 Å². The van der Waals surface area contributed by atoms with Crippen LogP contribution in [0.15, 0.2) is 18.2 Å². The number of hydrogen-bond acceptors (Lipinski definition) is 3. The highest BCUT2D eigenvalue weighted by molar-refractivity contribution is 6.03. The highest BCUT2D eigenvalue weighted by atomic mass is 16.5. The highest BCUT2D eigenvalue weighted by Gasteiger charge is 2.43. The number of nitrogens with two attached hydrogens (primary N) is 1. The maximum Gasteiger partial charge on any atom is 0.228 e. The van der Waals surface area contributed by atoms with Gasteiger partial charge in [-0.15, -0.1) is 0 Å². The molecule has 0 aromatic heterocycles. The van der Waals surface area contributed by atoms with Crippen LogP contribution in [0.2, 0.25) is 0 Å². The van der Waals surface area contributed by atoms with Crippen molar-refractivity contribution >= 4 is 11.7 Å². The molecule has 1 aliphatic carbocycles. The van der Waals surface area contributed by atoms with Crippen LogP contribution in [0, 0.1) is 0 Å². The first-order valence-electron chi connectivity index (χ1n) is 6.07. The van der Waals surface area contributed by atoms with Gasteiger partial charge in [0.15, 0.2) is 5.78 Å². The summed E-state index contributed by atoms with van der Waals surface area (Å²) in [7, 11) is 1.56. The standard InChI is InChI=1S/C14H17NO3/c1-3-14(13(15)17)7-6-12(16)10-5-4-9(18-2)8-11(10)14/h4-5,8H,3,6-7H2,1-2H3,(H2,15,17). The lowest BCUT2D eigenvalue weighted by Crippen LogP contribution is -2.44. The van der Waals surface area contributed by atoms with E-state index in [1.807, 2.05) is 6.92 Å². The van der Waals surface area contributed by atoms with Crippen molar-refractivity contribution in [1.29, 1.82) is 0 Å². The second-order valence-corrected chi connectivity index (χ2v) is 4.63. The summed E-state index contributed by atoms with van der Waals surface area (Å²) in [6.45, 7) is 1.92. The molecule has 0 radical (unpaired) electrons. The molecule has 0 aliphatic heterocycles. The van der Waals surface area contributed by atoms with Crippen LogP contribution in [0.25, 0.3) is 0 Å². The van der Waals surface area contributed by atoms with Crippen molar-refractivity contribution in [2.24, 2.45) is 5.73 Å². The van der Waals surface area contributed by atoms with Crippen LogP contribution in [-0.4, -0.2) is 18.8 Å². The van der Waals surface area contributed by atoms with Crippen molar-refractivity contribution in [2.45, 2.75) is 31.6 Å². The Morgan fingerprint density at radius 3 is 2.78 bits per heavy atom. The number of hydrogen-bond donors (Lipinski definition) is 1. The molecule has 0 bridgehead atoms. The molecule has 0 saturated carbocycles. The van der Waals surface area contributed by atoms with Crippen LogP contribution in [0.1, 0.15) is 42.1 Å². The number of ketones is 1. The van der Waals surface area contributed by atoms with Crippen molar-refractivity contribution < 1.29 is 14.3 Å². The second-order valence-electron chi connectivity index (χ2n) is 4.63. The maximum atomic E-state index is 11.9. The molecule has 0 fully saturated rings. The number of fused-ring (bicyclic) bond motifs is 1. The Labute approximate surface area is 106 Å². The molecular formula is C14H17NO3. The summed E-state index contributed by atoms with van der Waals surface area (Å²) in [5, 5.41) is 0. The molecular weight excluding hydrogens is 230 g/mol. The van der Waals surface area contributed by atoms with Crippen molar-refractivity contribution in [1.82, 2.24) is 0 Å². The van der Waals surface area contributed by atoms with Gasteiger partial charge in [0.1, 0.15) is 5.75 Å². The molecule has 0 saturated heterocycles. The fourth-order valence-electron chi connectivity index (χ4n) is 2.68. The predicted molar refractivity (Wildman–Crippen MR) is 67.7 cm³/mol. The zero-order valence-corrected chi connectivity index (χ0v) is 10.7. The lowest BCUT2D eigenvalue weighted by molar-refractivity contribution is -0.124. The van der Waals surface area contributed by atoms with E-state index in [-0.39, 0.29) is 11.7 Å². The average molecular weight is 247 g/mol. The number of benzene rings is 1. The fourth-order valence-corrected chi connectivity index (χ4v) is 2.68. The van der Waals surface area contributed by atoms with E-state index in [4.69, 9.17) is 10.5 Å². The monoisotopic (exact) mass is 247 g/mol. The number of methoxy groups -OCH3 is 1. The van der Waals surface area contributed by atoms with E-state index in [0.717, 1.165) is 0 Å². The van der Waals surface area contributed by atoms with E-state index >= 15 is 0 Å². The Hall–Kier alpha value is -1.84. The van der Waals surface area contributed by atoms with Gasteiger partial charge in [-0.2, -0.15) is 0 Å². The molecule has 18 heavy (non-hydrogen) atoms. The van der Waals surface area contributed by atoms with Gasteiger partial charge >= 0.3 is 0 Å². The average Bonchev–Trinajstić information content (AvgIpc) is 2.39. The Morgan fingerprint density at radius 1 is 1.50 bits per heavy atom. The maximum absolute atomic E-state index is 11.9. The first-order chi connectivity index (χ1) is 8.55. The van der Waals surface area contributed by atoms with Gasteiger partial charge in [0.25, 0.3) is 0 Å². The third kappa shape index (κ3) is 1.68. The SMILES string of the molecule is CCC1(C(N)=O)CCC(=O)c2ccc(OC)cc21. The summed E-state index contributed by atoms with van der Waals surface area (Å²) in [4.78, 5) is 23.8. The van der Waals surface area contributed by atoms with Gasteiger partial charge in [-0.1, -0.05) is 6.92 Å². The Morgan fingerprint density at radius 2 is 2.22 bits per heavy atom.